The van der Waals surface area contributed by atoms with Crippen LogP contribution in [-0.2, 0) is 18.4 Å². The molecule has 0 aliphatic carbocycles. The van der Waals surface area contributed by atoms with Crippen LogP contribution in [0.5, 0.6) is 5.75 Å². The lowest BCUT2D eigenvalue weighted by atomic mass is 10.1. The average Bonchev–Trinajstić information content (AvgIpc) is 3.10. The Hall–Kier alpha value is -4.44. The predicted molar refractivity (Wildman–Crippen MR) is 151 cm³/mol. The third-order valence-electron chi connectivity index (χ3n) is 7.63. The zero-order valence-corrected chi connectivity index (χ0v) is 22.6. The molecule has 10 nitrogen and oxygen atoms in total. The molecule has 1 fully saturated rings. The number of aryl methyl sites for hydroxylation is 1. The van der Waals surface area contributed by atoms with Crippen LogP contribution in [-0.4, -0.2) is 69.6 Å². The molecule has 1 saturated heterocycles. The van der Waals surface area contributed by atoms with Crippen molar-refractivity contribution in [3.63, 3.8) is 0 Å². The Kier molecular flexibility index (Phi) is 7.70. The molecule has 0 bridgehead atoms. The van der Waals surface area contributed by atoms with E-state index in [9.17, 15) is 24.3 Å². The molecule has 0 radical (unpaired) electrons. The Bertz CT molecular complexity index is 1660. The third kappa shape index (κ3) is 4.86. The summed E-state index contributed by atoms with van der Waals surface area (Å²) in [4.78, 5) is 54.3. The van der Waals surface area contributed by atoms with E-state index in [2.05, 4.69) is 5.32 Å². The van der Waals surface area contributed by atoms with Crippen LogP contribution in [0.3, 0.4) is 0 Å². The number of ketones is 1. The number of methoxy groups -OCH3 is 1. The number of amides is 2. The molecule has 1 atom stereocenters. The smallest absolute Gasteiger partial charge is 0.272 e. The fourth-order valence-corrected chi connectivity index (χ4v) is 5.64. The summed E-state index contributed by atoms with van der Waals surface area (Å²) in [5, 5.41) is 13.2. The van der Waals surface area contributed by atoms with Gasteiger partial charge in [-0.05, 0) is 25.3 Å². The summed E-state index contributed by atoms with van der Waals surface area (Å²) in [7, 11) is 3.14. The summed E-state index contributed by atoms with van der Waals surface area (Å²) < 4.78 is 8.81. The number of pyridine rings is 1. The van der Waals surface area contributed by atoms with Gasteiger partial charge in [-0.3, -0.25) is 23.7 Å². The first-order valence-corrected chi connectivity index (χ1v) is 13.3. The zero-order chi connectivity index (χ0) is 28.4. The van der Waals surface area contributed by atoms with Crippen molar-refractivity contribution < 1.29 is 24.2 Å². The number of benzene rings is 2. The number of carbonyl (C=O) groups is 3. The lowest BCUT2D eigenvalue weighted by Crippen LogP contribution is -2.38. The highest BCUT2D eigenvalue weighted by Crippen LogP contribution is 2.35. The Morgan fingerprint density at radius 2 is 1.75 bits per heavy atom. The zero-order valence-electron chi connectivity index (χ0n) is 22.6. The number of hydrogen-bond donors (Lipinski definition) is 2. The molecular weight excluding hydrogens is 512 g/mol. The quantitative estimate of drug-likeness (QED) is 0.345. The van der Waals surface area contributed by atoms with Crippen LogP contribution in [0.25, 0.3) is 21.8 Å². The minimum atomic E-state index is -0.535. The third-order valence-corrected chi connectivity index (χ3v) is 7.63. The van der Waals surface area contributed by atoms with Gasteiger partial charge in [0.1, 0.15) is 12.0 Å². The molecule has 208 valence electrons. The van der Waals surface area contributed by atoms with E-state index in [0.29, 0.717) is 54.3 Å². The molecule has 2 aromatic carbocycles. The first kappa shape index (κ1) is 27.1. The maximum absolute atomic E-state index is 14.0. The van der Waals surface area contributed by atoms with Gasteiger partial charge >= 0.3 is 0 Å². The number of aromatic nitrogens is 2. The van der Waals surface area contributed by atoms with E-state index >= 15 is 0 Å². The van der Waals surface area contributed by atoms with Crippen LogP contribution in [0.4, 0.5) is 0 Å². The van der Waals surface area contributed by atoms with Crippen molar-refractivity contribution in [3.05, 3.63) is 76.2 Å². The lowest BCUT2D eigenvalue weighted by molar-refractivity contribution is -0.134. The van der Waals surface area contributed by atoms with Crippen LogP contribution in [0, 0.1) is 0 Å². The molecule has 1 aliphatic heterocycles. The highest BCUT2D eigenvalue weighted by molar-refractivity contribution is 6.12. The van der Waals surface area contributed by atoms with Gasteiger partial charge in [0.15, 0.2) is 17.2 Å². The fourth-order valence-electron chi connectivity index (χ4n) is 5.64. The monoisotopic (exact) mass is 544 g/mol. The van der Waals surface area contributed by atoms with Crippen molar-refractivity contribution in [2.75, 3.05) is 26.8 Å². The number of aliphatic hydroxyl groups is 1. The number of hydrogen-bond acceptors (Lipinski definition) is 6. The Balaban J connectivity index is 1.56. The van der Waals surface area contributed by atoms with Crippen LogP contribution in [0.2, 0.25) is 0 Å². The van der Waals surface area contributed by atoms with Crippen molar-refractivity contribution in [1.29, 1.82) is 0 Å². The molecule has 10 heteroatoms. The van der Waals surface area contributed by atoms with Gasteiger partial charge in [0.05, 0.1) is 24.7 Å². The van der Waals surface area contributed by atoms with Gasteiger partial charge in [-0.1, -0.05) is 48.5 Å². The van der Waals surface area contributed by atoms with Crippen molar-refractivity contribution in [3.8, 4) is 5.75 Å². The van der Waals surface area contributed by atoms with Gasteiger partial charge in [0.25, 0.3) is 11.5 Å². The molecule has 2 aromatic heterocycles. The van der Waals surface area contributed by atoms with Gasteiger partial charge in [0.2, 0.25) is 5.91 Å². The fraction of sp³-hybridized carbons (Fsp3) is 0.333. The number of carbonyl (C=O) groups excluding carboxylic acids is 3. The van der Waals surface area contributed by atoms with Gasteiger partial charge in [-0.15, -0.1) is 0 Å². The van der Waals surface area contributed by atoms with Crippen LogP contribution >= 0.6 is 0 Å². The van der Waals surface area contributed by atoms with Crippen molar-refractivity contribution in [1.82, 2.24) is 19.4 Å². The summed E-state index contributed by atoms with van der Waals surface area (Å²) in [6.07, 6.45) is 1.90. The maximum Gasteiger partial charge on any atom is 0.272 e. The first-order valence-electron chi connectivity index (χ1n) is 13.3. The summed E-state index contributed by atoms with van der Waals surface area (Å²) >= 11 is 0. The summed E-state index contributed by atoms with van der Waals surface area (Å²) in [5.41, 5.74) is 1.42. The number of nitrogens with zero attached hydrogens (tertiary/aromatic N) is 3. The van der Waals surface area contributed by atoms with E-state index in [4.69, 9.17) is 4.74 Å². The van der Waals surface area contributed by atoms with Crippen molar-refractivity contribution >= 4 is 39.4 Å². The topological polar surface area (TPSA) is 123 Å². The van der Waals surface area contributed by atoms with Crippen LogP contribution in [0.15, 0.2) is 59.4 Å². The second-order valence-electron chi connectivity index (χ2n) is 10.0. The molecule has 1 aliphatic rings. The summed E-state index contributed by atoms with van der Waals surface area (Å²) in [6, 6.07) is 15.9. The molecule has 2 amide bonds. The molecule has 0 spiro atoms. The van der Waals surface area contributed by atoms with E-state index < -0.39 is 18.1 Å². The number of Topliss-reactive ketones (excluding diaryl/α,β-unsaturated/α-hetero) is 1. The highest BCUT2D eigenvalue weighted by atomic mass is 16.5. The highest BCUT2D eigenvalue weighted by Gasteiger charge is 2.29. The largest absolute Gasteiger partial charge is 0.493 e. The van der Waals surface area contributed by atoms with Crippen LogP contribution < -0.4 is 15.6 Å². The summed E-state index contributed by atoms with van der Waals surface area (Å²) in [5.74, 6) is -0.770. The van der Waals surface area contributed by atoms with Gasteiger partial charge in [-0.2, -0.15) is 0 Å². The molecule has 4 aromatic rings. The van der Waals surface area contributed by atoms with Gasteiger partial charge in [-0.25, -0.2) is 0 Å². The number of para-hydroxylation sites is 1. The number of likely N-dealkylation sites (tertiary alicyclic amines) is 1. The normalized spacial score (nSPS) is 15.7. The van der Waals surface area contributed by atoms with Gasteiger partial charge < -0.3 is 24.6 Å². The van der Waals surface area contributed by atoms with E-state index in [-0.39, 0.29) is 41.1 Å². The molecule has 40 heavy (non-hydrogen) atoms. The number of fused-ring (bicyclic) bond motifs is 3. The second kappa shape index (κ2) is 11.4. The van der Waals surface area contributed by atoms with Crippen LogP contribution in [0.1, 0.15) is 40.1 Å². The standard InChI is InChI=1S/C30H32N4O6/c1-32-26-21-12-6-7-13-22(21)34(17-23(36)19-9-4-3-5-10-19)30(39)25(26)28(40-2)27(32)29(38)31-20-11-8-15-33(16-14-20)24(37)18-35/h3-7,9-10,12-13,20,35H,8,11,14-18H2,1-2H3,(H,31,38). The number of ether oxygens (including phenoxy) is 1. The summed E-state index contributed by atoms with van der Waals surface area (Å²) in [6.45, 7) is 0.258. The minimum absolute atomic E-state index is 0.150. The molecule has 0 saturated carbocycles. The maximum atomic E-state index is 14.0. The lowest BCUT2D eigenvalue weighted by Gasteiger charge is -2.20. The molecule has 3 heterocycles. The van der Waals surface area contributed by atoms with Crippen molar-refractivity contribution in [2.45, 2.75) is 31.8 Å². The SMILES string of the molecule is COc1c(C(=O)NC2CCCN(C(=O)CO)CC2)n(C)c2c1c(=O)n(CC(=O)c1ccccc1)c1ccccc21. The minimum Gasteiger partial charge on any atom is -0.493 e. The predicted octanol–water partition coefficient (Wildman–Crippen LogP) is 2.49. The number of aliphatic hydroxyl groups excluding tert-OH is 1. The Labute approximate surface area is 230 Å². The van der Waals surface area contributed by atoms with Crippen molar-refractivity contribution in [2.24, 2.45) is 7.05 Å². The Morgan fingerprint density at radius 3 is 2.48 bits per heavy atom. The average molecular weight is 545 g/mol. The second-order valence-corrected chi connectivity index (χ2v) is 10.0. The first-order chi connectivity index (χ1) is 19.3. The molecule has 2 N–H and O–H groups in total. The molecule has 5 rings (SSSR count). The van der Waals surface area contributed by atoms with E-state index in [1.54, 1.807) is 46.8 Å². The molecular formula is C30H32N4O6. The van der Waals surface area contributed by atoms with E-state index in [1.807, 2.05) is 24.3 Å². The van der Waals surface area contributed by atoms with Gasteiger partial charge in [0, 0.05) is 37.1 Å². The Morgan fingerprint density at radius 1 is 1.02 bits per heavy atom. The number of nitrogens with one attached hydrogen (secondary N) is 1. The van der Waals surface area contributed by atoms with E-state index in [1.165, 1.54) is 11.7 Å². The number of rotatable bonds is 7. The van der Waals surface area contributed by atoms with E-state index in [0.717, 1.165) is 0 Å². The molecule has 1 unspecified atom stereocenters.